The zero-order chi connectivity index (χ0) is 12.1. The van der Waals surface area contributed by atoms with Crippen LogP contribution in [0, 0.1) is 0 Å². The minimum atomic E-state index is 0.152. The molecular weight excluding hydrogens is 224 g/mol. The van der Waals surface area contributed by atoms with Gasteiger partial charge in [0.1, 0.15) is 12.4 Å². The Morgan fingerprint density at radius 3 is 2.89 bits per heavy atom. The molecule has 4 rings (SSSR count). The molecule has 0 fully saturated rings. The van der Waals surface area contributed by atoms with Crippen molar-refractivity contribution < 1.29 is 4.74 Å². The van der Waals surface area contributed by atoms with E-state index in [0.29, 0.717) is 6.61 Å². The zero-order valence-electron chi connectivity index (χ0n) is 9.64. The highest BCUT2D eigenvalue weighted by atomic mass is 16.5. The Bertz CT molecular complexity index is 802. The lowest BCUT2D eigenvalue weighted by atomic mass is 9.97. The fourth-order valence-corrected chi connectivity index (χ4v) is 2.53. The van der Waals surface area contributed by atoms with E-state index >= 15 is 0 Å². The molecule has 0 aliphatic carbocycles. The predicted molar refractivity (Wildman–Crippen MR) is 72.6 cm³/mol. The number of ether oxygens (including phenoxy) is 1. The average molecular weight is 234 g/mol. The molecule has 0 aromatic heterocycles. The van der Waals surface area contributed by atoms with Crippen molar-refractivity contribution in [1.29, 1.82) is 0 Å². The highest BCUT2D eigenvalue weighted by molar-refractivity contribution is 6.11. The number of hydrogen-bond acceptors (Lipinski definition) is 2. The van der Waals surface area contributed by atoms with E-state index in [1.54, 1.807) is 0 Å². The van der Waals surface area contributed by atoms with Crippen molar-refractivity contribution in [3.05, 3.63) is 58.3 Å². The van der Waals surface area contributed by atoms with E-state index in [0.717, 1.165) is 33.2 Å². The van der Waals surface area contributed by atoms with Gasteiger partial charge in [-0.15, -0.1) is 0 Å². The minimum Gasteiger partial charge on any atom is -0.489 e. The first kappa shape index (κ1) is 9.66. The Kier molecular flexibility index (Phi) is 1.78. The van der Waals surface area contributed by atoms with Crippen molar-refractivity contribution >= 4 is 16.8 Å². The Morgan fingerprint density at radius 2 is 1.94 bits per heavy atom. The minimum absolute atomic E-state index is 0.152. The highest BCUT2D eigenvalue weighted by Gasteiger charge is 2.23. The van der Waals surface area contributed by atoms with E-state index in [4.69, 9.17) is 4.74 Å². The SMILES string of the molecule is O=c1c2ccc3c(c12)-c1ccccc1/C=C\CO3. The fraction of sp³-hybridized carbons (Fsp3) is 0.0625. The molecule has 0 radical (unpaired) electrons. The van der Waals surface area contributed by atoms with Crippen LogP contribution in [0.4, 0.5) is 0 Å². The third-order valence-corrected chi connectivity index (χ3v) is 3.44. The normalized spacial score (nSPS) is 15.6. The molecule has 1 heterocycles. The van der Waals surface area contributed by atoms with Crippen LogP contribution in [0.2, 0.25) is 0 Å². The Balaban J connectivity index is 2.13. The van der Waals surface area contributed by atoms with Gasteiger partial charge in [0.15, 0.2) is 5.43 Å². The number of fused-ring (bicyclic) bond motifs is 5. The topological polar surface area (TPSA) is 26.3 Å². The van der Waals surface area contributed by atoms with Gasteiger partial charge in [-0.2, -0.15) is 0 Å². The van der Waals surface area contributed by atoms with Gasteiger partial charge in [-0.1, -0.05) is 30.3 Å². The van der Waals surface area contributed by atoms with E-state index in [1.807, 2.05) is 42.5 Å². The summed E-state index contributed by atoms with van der Waals surface area (Å²) >= 11 is 0. The molecule has 18 heavy (non-hydrogen) atoms. The van der Waals surface area contributed by atoms with Gasteiger partial charge in [0.2, 0.25) is 0 Å². The summed E-state index contributed by atoms with van der Waals surface area (Å²) in [5.74, 6) is 0.802. The molecule has 2 nitrogen and oxygen atoms in total. The van der Waals surface area contributed by atoms with Crippen LogP contribution in [0.3, 0.4) is 0 Å². The van der Waals surface area contributed by atoms with Crippen LogP contribution in [-0.2, 0) is 0 Å². The van der Waals surface area contributed by atoms with Crippen LogP contribution in [0.5, 0.6) is 5.75 Å². The van der Waals surface area contributed by atoms with Gasteiger partial charge in [-0.05, 0) is 29.3 Å². The smallest absolute Gasteiger partial charge is 0.195 e. The summed E-state index contributed by atoms with van der Waals surface area (Å²) in [5.41, 5.74) is 3.32. The van der Waals surface area contributed by atoms with Crippen molar-refractivity contribution in [2.24, 2.45) is 0 Å². The van der Waals surface area contributed by atoms with Gasteiger partial charge < -0.3 is 4.74 Å². The van der Waals surface area contributed by atoms with Gasteiger partial charge in [0.05, 0.1) is 0 Å². The van der Waals surface area contributed by atoms with Gasteiger partial charge >= 0.3 is 0 Å². The standard InChI is InChI=1S/C16H10O2/c17-16-12-7-8-13-14(15(12)16)11-6-2-1-4-10(11)5-3-9-18-13/h1-8H,9H2/b5-3-. The molecule has 0 unspecified atom stereocenters. The average Bonchev–Trinajstić information content (AvgIpc) is 3.03. The maximum atomic E-state index is 11.7. The number of benzene rings is 2. The van der Waals surface area contributed by atoms with Crippen molar-refractivity contribution in [2.45, 2.75) is 0 Å². The van der Waals surface area contributed by atoms with Crippen molar-refractivity contribution in [1.82, 2.24) is 0 Å². The summed E-state index contributed by atoms with van der Waals surface area (Å²) < 4.78 is 5.71. The summed E-state index contributed by atoms with van der Waals surface area (Å²) in [4.78, 5) is 11.7. The van der Waals surface area contributed by atoms with Crippen LogP contribution in [0.1, 0.15) is 5.56 Å². The molecule has 0 bridgehead atoms. The van der Waals surface area contributed by atoms with Crippen LogP contribution in [0.25, 0.3) is 28.0 Å². The van der Waals surface area contributed by atoms with Gasteiger partial charge in [-0.3, -0.25) is 4.79 Å². The molecule has 0 saturated carbocycles. The zero-order valence-corrected chi connectivity index (χ0v) is 9.64. The van der Waals surface area contributed by atoms with E-state index in [-0.39, 0.29) is 5.43 Å². The van der Waals surface area contributed by atoms with Crippen molar-refractivity contribution in [3.8, 4) is 16.9 Å². The quantitative estimate of drug-likeness (QED) is 0.597. The Labute approximate surface area is 104 Å². The van der Waals surface area contributed by atoms with Crippen LogP contribution < -0.4 is 10.2 Å². The second-order valence-electron chi connectivity index (χ2n) is 4.49. The van der Waals surface area contributed by atoms with Crippen molar-refractivity contribution in [2.75, 3.05) is 6.61 Å². The monoisotopic (exact) mass is 234 g/mol. The molecule has 3 aromatic carbocycles. The first-order valence-corrected chi connectivity index (χ1v) is 5.97. The summed E-state index contributed by atoms with van der Waals surface area (Å²) in [6, 6.07) is 11.9. The van der Waals surface area contributed by atoms with Gasteiger partial charge in [0, 0.05) is 16.3 Å². The molecule has 2 heteroatoms. The van der Waals surface area contributed by atoms with Crippen LogP contribution in [0.15, 0.2) is 47.3 Å². The predicted octanol–water partition coefficient (Wildman–Crippen LogP) is 3.15. The molecule has 0 N–H and O–H groups in total. The highest BCUT2D eigenvalue weighted by Crippen LogP contribution is 2.40. The fourth-order valence-electron chi connectivity index (χ4n) is 2.53. The van der Waals surface area contributed by atoms with E-state index < -0.39 is 0 Å². The van der Waals surface area contributed by atoms with Crippen LogP contribution >= 0.6 is 0 Å². The molecule has 1 aliphatic heterocycles. The molecule has 1 aliphatic rings. The summed E-state index contributed by atoms with van der Waals surface area (Å²) in [5, 5.41) is 1.66. The molecule has 86 valence electrons. The molecule has 3 aromatic rings. The first-order chi connectivity index (χ1) is 8.86. The third kappa shape index (κ3) is 1.20. The first-order valence-electron chi connectivity index (χ1n) is 5.97. The van der Waals surface area contributed by atoms with E-state index in [9.17, 15) is 4.79 Å². The van der Waals surface area contributed by atoms with Gasteiger partial charge in [-0.25, -0.2) is 0 Å². The summed E-state index contributed by atoms with van der Waals surface area (Å²) in [6.07, 6.45) is 4.04. The molecular formula is C16H10O2. The lowest BCUT2D eigenvalue weighted by molar-refractivity contribution is 0.365. The second-order valence-corrected chi connectivity index (χ2v) is 4.49. The second kappa shape index (κ2) is 3.33. The number of rotatable bonds is 0. The van der Waals surface area contributed by atoms with E-state index in [2.05, 4.69) is 6.07 Å². The Hall–Kier alpha value is -2.35. The lowest BCUT2D eigenvalue weighted by Crippen LogP contribution is -1.98. The molecule has 0 amide bonds. The van der Waals surface area contributed by atoms with E-state index in [1.165, 1.54) is 0 Å². The molecule has 0 saturated heterocycles. The largest absolute Gasteiger partial charge is 0.489 e. The maximum Gasteiger partial charge on any atom is 0.195 e. The molecule has 0 spiro atoms. The van der Waals surface area contributed by atoms with Crippen molar-refractivity contribution in [3.63, 3.8) is 0 Å². The third-order valence-electron chi connectivity index (χ3n) is 3.44. The maximum absolute atomic E-state index is 11.7. The Morgan fingerprint density at radius 1 is 1.06 bits per heavy atom. The van der Waals surface area contributed by atoms with Crippen LogP contribution in [-0.4, -0.2) is 6.61 Å². The summed E-state index contributed by atoms with van der Waals surface area (Å²) in [7, 11) is 0. The summed E-state index contributed by atoms with van der Waals surface area (Å²) in [6.45, 7) is 0.536. The molecule has 0 atom stereocenters. The lowest BCUT2D eigenvalue weighted by Gasteiger charge is -2.14. The number of hydrogen-bond donors (Lipinski definition) is 0. The van der Waals surface area contributed by atoms with Gasteiger partial charge in [0.25, 0.3) is 0 Å².